The first-order valence-corrected chi connectivity index (χ1v) is 3.44. The van der Waals surface area contributed by atoms with E-state index in [1.165, 1.54) is 0 Å². The van der Waals surface area contributed by atoms with Gasteiger partial charge in [0, 0.05) is 6.92 Å². The average Bonchev–Trinajstić information content (AvgIpc) is 1.62. The second-order valence-electron chi connectivity index (χ2n) is 1.53. The van der Waals surface area contributed by atoms with Gasteiger partial charge in [-0.25, -0.2) is 8.42 Å². The van der Waals surface area contributed by atoms with Crippen molar-refractivity contribution < 1.29 is 56.1 Å². The Hall–Kier alpha value is 0.440. The molecule has 0 aliphatic rings. The predicted molar refractivity (Wildman–Crippen MR) is 25.3 cm³/mol. The SMILES string of the molecule is CC(=O)C(F)(F)S(=O)(=O)[O-].[Na+]. The minimum Gasteiger partial charge on any atom is -0.743 e. The van der Waals surface area contributed by atoms with Crippen LogP contribution in [0.25, 0.3) is 0 Å². The van der Waals surface area contributed by atoms with Crippen LogP contribution in [0.3, 0.4) is 0 Å². The zero-order valence-electron chi connectivity index (χ0n) is 5.80. The summed E-state index contributed by atoms with van der Waals surface area (Å²) in [6.45, 7) is 0.329. The van der Waals surface area contributed by atoms with E-state index in [0.29, 0.717) is 6.92 Å². The van der Waals surface area contributed by atoms with Crippen LogP contribution < -0.4 is 29.6 Å². The number of Topliss-reactive ketones (excluding diaryl/α,β-unsaturated/α-hetero) is 1. The number of carbonyl (C=O) groups is 1. The van der Waals surface area contributed by atoms with Crippen LogP contribution in [0.4, 0.5) is 8.78 Å². The fourth-order valence-corrected chi connectivity index (χ4v) is 0.528. The molecule has 0 rings (SSSR count). The van der Waals surface area contributed by atoms with Crippen molar-refractivity contribution in [3.63, 3.8) is 0 Å². The summed E-state index contributed by atoms with van der Waals surface area (Å²) in [7, 11) is -5.83. The van der Waals surface area contributed by atoms with Crippen LogP contribution in [0, 0.1) is 0 Å². The molecule has 0 unspecified atom stereocenters. The minimum absolute atomic E-state index is 0. The molecule has 0 atom stereocenters. The topological polar surface area (TPSA) is 74.3 Å². The third-order valence-electron chi connectivity index (χ3n) is 0.724. The van der Waals surface area contributed by atoms with E-state index in [2.05, 4.69) is 0 Å². The fraction of sp³-hybridized carbons (Fsp3) is 0.667. The second-order valence-corrected chi connectivity index (χ2v) is 2.95. The molecular formula is C3H3F2NaO4S. The van der Waals surface area contributed by atoms with Gasteiger partial charge in [0.05, 0.1) is 0 Å². The Morgan fingerprint density at radius 3 is 1.73 bits per heavy atom. The summed E-state index contributed by atoms with van der Waals surface area (Å²) in [6, 6.07) is 0. The van der Waals surface area contributed by atoms with Crippen molar-refractivity contribution in [2.45, 2.75) is 12.2 Å². The summed E-state index contributed by atoms with van der Waals surface area (Å²) in [5, 5.41) is -4.78. The maximum Gasteiger partial charge on any atom is 1.00 e. The van der Waals surface area contributed by atoms with Crippen molar-refractivity contribution >= 4 is 15.9 Å². The summed E-state index contributed by atoms with van der Waals surface area (Å²) in [5.41, 5.74) is 0. The van der Waals surface area contributed by atoms with Crippen molar-refractivity contribution in [3.8, 4) is 0 Å². The first-order chi connectivity index (χ1) is 4.19. The van der Waals surface area contributed by atoms with E-state index >= 15 is 0 Å². The van der Waals surface area contributed by atoms with Gasteiger partial charge >= 0.3 is 34.8 Å². The number of ketones is 1. The molecule has 0 amide bonds. The number of rotatable bonds is 2. The van der Waals surface area contributed by atoms with Crippen LogP contribution in [-0.2, 0) is 14.9 Å². The summed E-state index contributed by atoms with van der Waals surface area (Å²) in [4.78, 5) is 9.78. The molecule has 8 heteroatoms. The van der Waals surface area contributed by atoms with Gasteiger partial charge in [-0.1, -0.05) is 0 Å². The number of hydrogen-bond acceptors (Lipinski definition) is 4. The van der Waals surface area contributed by atoms with Crippen LogP contribution >= 0.6 is 0 Å². The molecule has 60 valence electrons. The molecule has 0 aromatic carbocycles. The molecule has 0 radical (unpaired) electrons. The van der Waals surface area contributed by atoms with Crippen molar-refractivity contribution in [1.29, 1.82) is 0 Å². The van der Waals surface area contributed by atoms with Gasteiger partial charge in [0.25, 0.3) is 0 Å². The standard InChI is InChI=1S/C3H4F2O4S.Na/c1-2(6)3(4,5)10(7,8)9;/h1H3,(H,7,8,9);/q;+1/p-1. The van der Waals surface area contributed by atoms with E-state index in [1.54, 1.807) is 0 Å². The monoisotopic (exact) mass is 196 g/mol. The van der Waals surface area contributed by atoms with Crippen LogP contribution in [0.1, 0.15) is 6.92 Å². The van der Waals surface area contributed by atoms with Crippen molar-refractivity contribution in [2.75, 3.05) is 0 Å². The molecule has 0 N–H and O–H groups in total. The number of alkyl halides is 2. The maximum absolute atomic E-state index is 11.8. The summed E-state index contributed by atoms with van der Waals surface area (Å²) in [5.74, 6) is -1.97. The fourth-order valence-electron chi connectivity index (χ4n) is 0.176. The maximum atomic E-state index is 11.8. The molecule has 0 heterocycles. The second kappa shape index (κ2) is 3.90. The van der Waals surface area contributed by atoms with Crippen LogP contribution in [-0.4, -0.2) is 24.0 Å². The molecule has 0 aliphatic carbocycles. The third-order valence-corrected chi connectivity index (χ3v) is 1.64. The van der Waals surface area contributed by atoms with Gasteiger partial charge in [-0.15, -0.1) is 0 Å². The Bertz CT molecular complexity index is 246. The molecule has 0 spiro atoms. The van der Waals surface area contributed by atoms with Gasteiger partial charge in [-0.3, -0.25) is 4.79 Å². The normalized spacial score (nSPS) is 12.0. The molecule has 11 heavy (non-hydrogen) atoms. The van der Waals surface area contributed by atoms with E-state index in [0.717, 1.165) is 0 Å². The number of hydrogen-bond donors (Lipinski definition) is 0. The summed E-state index contributed by atoms with van der Waals surface area (Å²) < 4.78 is 52.3. The van der Waals surface area contributed by atoms with E-state index in [1.807, 2.05) is 0 Å². The number of carbonyl (C=O) groups excluding carboxylic acids is 1. The van der Waals surface area contributed by atoms with Crippen molar-refractivity contribution in [2.24, 2.45) is 0 Å². The van der Waals surface area contributed by atoms with Crippen LogP contribution in [0.15, 0.2) is 0 Å². The molecule has 0 aromatic heterocycles. The van der Waals surface area contributed by atoms with Crippen molar-refractivity contribution in [3.05, 3.63) is 0 Å². The predicted octanol–water partition coefficient (Wildman–Crippen LogP) is -3.28. The Balaban J connectivity index is 0. The molecular weight excluding hydrogens is 193 g/mol. The van der Waals surface area contributed by atoms with Crippen molar-refractivity contribution in [1.82, 2.24) is 0 Å². The molecule has 4 nitrogen and oxygen atoms in total. The Kier molecular flexibility index (Phi) is 4.96. The largest absolute Gasteiger partial charge is 1.00 e. The molecule has 0 bridgehead atoms. The van der Waals surface area contributed by atoms with Gasteiger partial charge in [-0.2, -0.15) is 8.78 Å². The van der Waals surface area contributed by atoms with Gasteiger partial charge in [0.15, 0.2) is 10.1 Å². The van der Waals surface area contributed by atoms with Gasteiger partial charge in [-0.05, 0) is 0 Å². The Morgan fingerprint density at radius 1 is 1.45 bits per heavy atom. The first kappa shape index (κ1) is 14.0. The molecule has 0 saturated carbocycles. The third kappa shape index (κ3) is 3.12. The zero-order chi connectivity index (χ0) is 8.58. The van der Waals surface area contributed by atoms with E-state index in [-0.39, 0.29) is 29.6 Å². The Morgan fingerprint density at radius 2 is 1.73 bits per heavy atom. The Labute approximate surface area is 84.0 Å². The molecule has 0 aromatic rings. The van der Waals surface area contributed by atoms with Crippen LogP contribution in [0.2, 0.25) is 0 Å². The zero-order valence-corrected chi connectivity index (χ0v) is 8.61. The van der Waals surface area contributed by atoms with E-state index in [4.69, 9.17) is 0 Å². The number of halogens is 2. The quantitative estimate of drug-likeness (QED) is 0.343. The van der Waals surface area contributed by atoms with Gasteiger partial charge in [0.1, 0.15) is 0 Å². The van der Waals surface area contributed by atoms with Gasteiger partial charge in [0.2, 0.25) is 5.78 Å². The first-order valence-electron chi connectivity index (χ1n) is 2.04. The molecule has 0 fully saturated rings. The van der Waals surface area contributed by atoms with E-state index < -0.39 is 21.2 Å². The summed E-state index contributed by atoms with van der Waals surface area (Å²) in [6.07, 6.45) is 0. The molecule has 0 aliphatic heterocycles. The van der Waals surface area contributed by atoms with Crippen LogP contribution in [0.5, 0.6) is 0 Å². The van der Waals surface area contributed by atoms with Gasteiger partial charge < -0.3 is 4.55 Å². The average molecular weight is 196 g/mol. The van der Waals surface area contributed by atoms with E-state index in [9.17, 15) is 26.5 Å². The molecule has 0 saturated heterocycles. The summed E-state index contributed by atoms with van der Waals surface area (Å²) >= 11 is 0. The smallest absolute Gasteiger partial charge is 0.743 e. The minimum atomic E-state index is -5.83.